The second-order valence-corrected chi connectivity index (χ2v) is 5.94. The minimum atomic E-state index is -0.437. The Morgan fingerprint density at radius 2 is 1.96 bits per heavy atom. The lowest BCUT2D eigenvalue weighted by atomic mass is 10.0. The van der Waals surface area contributed by atoms with Crippen LogP contribution >= 0.6 is 12.6 Å². The van der Waals surface area contributed by atoms with Gasteiger partial charge in [-0.15, -0.1) is 12.6 Å². The maximum absolute atomic E-state index is 12.5. The third kappa shape index (κ3) is 3.99. The van der Waals surface area contributed by atoms with Crippen molar-refractivity contribution in [3.8, 4) is 0 Å². The fourth-order valence-corrected chi connectivity index (χ4v) is 2.68. The van der Waals surface area contributed by atoms with E-state index in [1.54, 1.807) is 0 Å². The van der Waals surface area contributed by atoms with Gasteiger partial charge in [0, 0.05) is 10.6 Å². The highest BCUT2D eigenvalue weighted by molar-refractivity contribution is 7.80. The van der Waals surface area contributed by atoms with E-state index in [4.69, 9.17) is 5.41 Å². The van der Waals surface area contributed by atoms with Crippen LogP contribution in [0.15, 0.2) is 41.3 Å². The van der Waals surface area contributed by atoms with Crippen LogP contribution < -0.4 is 5.32 Å². The summed E-state index contributed by atoms with van der Waals surface area (Å²) in [6, 6.07) is 11.5. The van der Waals surface area contributed by atoms with Crippen LogP contribution in [-0.4, -0.2) is 16.6 Å². The van der Waals surface area contributed by atoms with Crippen molar-refractivity contribution in [2.24, 2.45) is 0 Å². The van der Waals surface area contributed by atoms with E-state index in [2.05, 4.69) is 22.9 Å². The van der Waals surface area contributed by atoms with Gasteiger partial charge in [0.15, 0.2) is 0 Å². The van der Waals surface area contributed by atoms with Gasteiger partial charge in [-0.05, 0) is 37.5 Å². The fraction of sp³-hybridized carbons (Fsp3) is 0.278. The zero-order valence-electron chi connectivity index (χ0n) is 13.6. The highest BCUT2D eigenvalue weighted by Crippen LogP contribution is 2.20. The Morgan fingerprint density at radius 1 is 1.30 bits per heavy atom. The molecule has 0 bridgehead atoms. The molecule has 4 nitrogen and oxygen atoms in total. The molecule has 0 fully saturated rings. The zero-order chi connectivity index (χ0) is 17.0. The van der Waals surface area contributed by atoms with Crippen LogP contribution in [0.1, 0.15) is 41.9 Å². The Morgan fingerprint density at radius 3 is 2.57 bits per heavy atom. The van der Waals surface area contributed by atoms with Crippen molar-refractivity contribution >= 4 is 24.2 Å². The Bertz CT molecular complexity index is 729. The lowest BCUT2D eigenvalue weighted by Crippen LogP contribution is -2.35. The molecule has 5 heteroatoms. The van der Waals surface area contributed by atoms with Crippen molar-refractivity contribution in [1.29, 1.82) is 5.41 Å². The van der Waals surface area contributed by atoms with E-state index in [-0.39, 0.29) is 11.8 Å². The fourth-order valence-electron chi connectivity index (χ4n) is 2.45. The molecule has 1 heterocycles. The predicted molar refractivity (Wildman–Crippen MR) is 95.4 cm³/mol. The molecule has 2 aromatic rings. The summed E-state index contributed by atoms with van der Waals surface area (Å²) in [6.07, 6.45) is 0.747. The Hall–Kier alpha value is -2.14. The second kappa shape index (κ2) is 7.42. The van der Waals surface area contributed by atoms with Crippen molar-refractivity contribution in [3.05, 3.63) is 58.9 Å². The SMILES string of the molecule is CCC(NC(=O)C(=N)c1nc(C)cc(C)c1S)c1ccccc1. The molecule has 0 aliphatic heterocycles. The average Bonchev–Trinajstić information content (AvgIpc) is 2.55. The maximum atomic E-state index is 12.5. The molecule has 1 amide bonds. The highest BCUT2D eigenvalue weighted by Gasteiger charge is 2.21. The Balaban J connectivity index is 2.22. The summed E-state index contributed by atoms with van der Waals surface area (Å²) in [5.74, 6) is -0.437. The van der Waals surface area contributed by atoms with Gasteiger partial charge in [0.1, 0.15) is 11.4 Å². The van der Waals surface area contributed by atoms with E-state index in [1.165, 1.54) is 0 Å². The van der Waals surface area contributed by atoms with Gasteiger partial charge >= 0.3 is 0 Å². The molecule has 1 aromatic carbocycles. The largest absolute Gasteiger partial charge is 0.344 e. The zero-order valence-corrected chi connectivity index (χ0v) is 14.4. The van der Waals surface area contributed by atoms with Crippen molar-refractivity contribution in [1.82, 2.24) is 10.3 Å². The summed E-state index contributed by atoms with van der Waals surface area (Å²) >= 11 is 4.39. The predicted octanol–water partition coefficient (Wildman–Crippen LogP) is 3.62. The summed E-state index contributed by atoms with van der Waals surface area (Å²) in [5, 5.41) is 11.1. The van der Waals surface area contributed by atoms with Crippen molar-refractivity contribution in [3.63, 3.8) is 0 Å². The van der Waals surface area contributed by atoms with E-state index in [1.807, 2.05) is 57.2 Å². The summed E-state index contributed by atoms with van der Waals surface area (Å²) in [5.41, 5.74) is 2.87. The number of rotatable bonds is 5. The van der Waals surface area contributed by atoms with Gasteiger partial charge in [0.2, 0.25) is 0 Å². The summed E-state index contributed by atoms with van der Waals surface area (Å²) < 4.78 is 0. The van der Waals surface area contributed by atoms with E-state index in [0.717, 1.165) is 23.2 Å². The number of carbonyl (C=O) groups is 1. The maximum Gasteiger partial charge on any atom is 0.271 e. The van der Waals surface area contributed by atoms with Crippen LogP contribution in [0.3, 0.4) is 0 Å². The van der Waals surface area contributed by atoms with E-state index < -0.39 is 5.91 Å². The normalized spacial score (nSPS) is 11.8. The first kappa shape index (κ1) is 17.2. The first-order chi connectivity index (χ1) is 10.9. The number of pyridine rings is 1. The van der Waals surface area contributed by atoms with Crippen LogP contribution in [0, 0.1) is 19.3 Å². The third-order valence-corrected chi connectivity index (χ3v) is 4.26. The molecule has 0 spiro atoms. The van der Waals surface area contributed by atoms with Crippen LogP contribution in [0.5, 0.6) is 0 Å². The molecule has 0 aliphatic rings. The molecule has 1 atom stereocenters. The molecule has 1 aromatic heterocycles. The molecule has 2 rings (SSSR count). The van der Waals surface area contributed by atoms with Crippen LogP contribution in [-0.2, 0) is 4.79 Å². The number of amides is 1. The lowest BCUT2D eigenvalue weighted by molar-refractivity contribution is -0.115. The minimum absolute atomic E-state index is 0.127. The molecule has 23 heavy (non-hydrogen) atoms. The summed E-state index contributed by atoms with van der Waals surface area (Å²) in [4.78, 5) is 17.3. The molecule has 1 unspecified atom stereocenters. The number of carbonyl (C=O) groups excluding carboxylic acids is 1. The van der Waals surface area contributed by atoms with Gasteiger partial charge in [-0.25, -0.2) is 0 Å². The summed E-state index contributed by atoms with van der Waals surface area (Å²) in [7, 11) is 0. The number of hydrogen-bond donors (Lipinski definition) is 3. The number of benzene rings is 1. The quantitative estimate of drug-likeness (QED) is 0.580. The van der Waals surface area contributed by atoms with E-state index in [9.17, 15) is 4.79 Å². The molecule has 0 radical (unpaired) electrons. The molecule has 0 saturated heterocycles. The molecular formula is C18H21N3OS. The second-order valence-electron chi connectivity index (χ2n) is 5.50. The molecule has 0 saturated carbocycles. The molecule has 0 aliphatic carbocycles. The van der Waals surface area contributed by atoms with Crippen LogP contribution in [0.2, 0.25) is 0 Å². The van der Waals surface area contributed by atoms with Crippen LogP contribution in [0.25, 0.3) is 0 Å². The van der Waals surface area contributed by atoms with Crippen LogP contribution in [0.4, 0.5) is 0 Å². The van der Waals surface area contributed by atoms with Gasteiger partial charge in [-0.3, -0.25) is 15.2 Å². The van der Waals surface area contributed by atoms with Crippen molar-refractivity contribution in [2.75, 3.05) is 0 Å². The average molecular weight is 327 g/mol. The van der Waals surface area contributed by atoms with Gasteiger partial charge < -0.3 is 5.32 Å². The number of hydrogen-bond acceptors (Lipinski definition) is 4. The van der Waals surface area contributed by atoms with Gasteiger partial charge in [-0.1, -0.05) is 37.3 Å². The topological polar surface area (TPSA) is 65.8 Å². The number of nitrogens with one attached hydrogen (secondary N) is 2. The van der Waals surface area contributed by atoms with Gasteiger partial charge in [0.05, 0.1) is 6.04 Å². The molecule has 120 valence electrons. The standard InChI is InChI=1S/C18H21N3OS/c1-4-14(13-8-6-5-7-9-13)21-18(22)15(19)16-17(23)11(2)10-12(3)20-16/h5-10,14,19,23H,4H2,1-3H3,(H,21,22). The number of thiol groups is 1. The minimum Gasteiger partial charge on any atom is -0.344 e. The smallest absolute Gasteiger partial charge is 0.271 e. The van der Waals surface area contributed by atoms with Gasteiger partial charge in [0.25, 0.3) is 5.91 Å². The highest BCUT2D eigenvalue weighted by atomic mass is 32.1. The van der Waals surface area contributed by atoms with E-state index in [0.29, 0.717) is 10.6 Å². The number of aryl methyl sites for hydroxylation is 2. The molecular weight excluding hydrogens is 306 g/mol. The van der Waals surface area contributed by atoms with Crippen molar-refractivity contribution < 1.29 is 4.79 Å². The first-order valence-corrected chi connectivity index (χ1v) is 8.00. The molecule has 2 N–H and O–H groups in total. The van der Waals surface area contributed by atoms with E-state index >= 15 is 0 Å². The van der Waals surface area contributed by atoms with Gasteiger partial charge in [-0.2, -0.15) is 0 Å². The first-order valence-electron chi connectivity index (χ1n) is 7.56. The Labute approximate surface area is 142 Å². The van der Waals surface area contributed by atoms with Crippen molar-refractivity contribution in [2.45, 2.75) is 38.1 Å². The third-order valence-electron chi connectivity index (χ3n) is 3.69. The number of aromatic nitrogens is 1. The monoisotopic (exact) mass is 327 g/mol. The number of nitrogens with zero attached hydrogens (tertiary/aromatic N) is 1. The Kier molecular flexibility index (Phi) is 5.55. The summed E-state index contributed by atoms with van der Waals surface area (Å²) in [6.45, 7) is 5.74. The lowest BCUT2D eigenvalue weighted by Gasteiger charge is -2.18.